The van der Waals surface area contributed by atoms with Crippen molar-refractivity contribution in [3.05, 3.63) is 86.9 Å². The number of carbonyl (C=O) groups excluding carboxylic acids is 1. The molecular formula is C25H26N2O2. The van der Waals surface area contributed by atoms with E-state index in [2.05, 4.69) is 46.0 Å². The third kappa shape index (κ3) is 4.25. The van der Waals surface area contributed by atoms with Gasteiger partial charge in [0.2, 0.25) is 0 Å². The number of nitrogens with zero attached hydrogens (tertiary/aromatic N) is 1. The van der Waals surface area contributed by atoms with Crippen molar-refractivity contribution in [2.45, 2.75) is 47.5 Å². The topological polar surface area (TPSA) is 66.0 Å². The number of rotatable bonds is 5. The van der Waals surface area contributed by atoms with Crippen molar-refractivity contribution in [3.8, 4) is 6.07 Å². The zero-order chi connectivity index (χ0) is 21.1. The molecule has 148 valence electrons. The first-order chi connectivity index (χ1) is 13.8. The van der Waals surface area contributed by atoms with Gasteiger partial charge in [-0.05, 0) is 97.8 Å². The lowest BCUT2D eigenvalue weighted by molar-refractivity contribution is 0.0995. The molecule has 0 aliphatic carbocycles. The van der Waals surface area contributed by atoms with Gasteiger partial charge >= 0.3 is 0 Å². The van der Waals surface area contributed by atoms with Gasteiger partial charge in [-0.15, -0.1) is 0 Å². The van der Waals surface area contributed by atoms with Gasteiger partial charge in [0.25, 0.3) is 5.91 Å². The fourth-order valence-corrected chi connectivity index (χ4v) is 3.60. The third-order valence-corrected chi connectivity index (χ3v) is 5.89. The normalized spacial score (nSPS) is 10.6. The quantitative estimate of drug-likeness (QED) is 0.609. The summed E-state index contributed by atoms with van der Waals surface area (Å²) < 4.78 is 5.85. The van der Waals surface area contributed by atoms with E-state index in [9.17, 15) is 4.79 Å². The summed E-state index contributed by atoms with van der Waals surface area (Å²) in [6, 6.07) is 12.9. The van der Waals surface area contributed by atoms with Gasteiger partial charge in [-0.25, -0.2) is 0 Å². The van der Waals surface area contributed by atoms with Gasteiger partial charge in [-0.3, -0.25) is 4.79 Å². The Morgan fingerprint density at radius 1 is 0.897 bits per heavy atom. The Bertz CT molecular complexity index is 1070. The maximum atomic E-state index is 12.5. The molecule has 1 amide bonds. The summed E-state index contributed by atoms with van der Waals surface area (Å²) >= 11 is 0. The molecule has 3 rings (SSSR count). The Labute approximate surface area is 172 Å². The molecule has 0 aliphatic rings. The zero-order valence-electron chi connectivity index (χ0n) is 17.6. The summed E-state index contributed by atoms with van der Waals surface area (Å²) in [5.41, 5.74) is 9.38. The SMILES string of the molecule is Cc1c(C)c(C)c(Cc2ccc(C(=O)Nc3ccc(CC#N)cc3)o2)c(C)c1C. The lowest BCUT2D eigenvalue weighted by atomic mass is 9.88. The number of amides is 1. The molecule has 0 saturated heterocycles. The van der Waals surface area contributed by atoms with Crippen LogP contribution in [0.4, 0.5) is 5.69 Å². The van der Waals surface area contributed by atoms with Gasteiger partial charge < -0.3 is 9.73 Å². The van der Waals surface area contributed by atoms with E-state index >= 15 is 0 Å². The number of nitrogens with one attached hydrogen (secondary N) is 1. The monoisotopic (exact) mass is 386 g/mol. The predicted molar refractivity (Wildman–Crippen MR) is 115 cm³/mol. The second-order valence-electron chi connectivity index (χ2n) is 7.53. The summed E-state index contributed by atoms with van der Waals surface area (Å²) in [6.07, 6.45) is 1.02. The summed E-state index contributed by atoms with van der Waals surface area (Å²) in [5, 5.41) is 11.6. The van der Waals surface area contributed by atoms with E-state index in [1.807, 2.05) is 18.2 Å². The average Bonchev–Trinajstić information content (AvgIpc) is 3.19. The van der Waals surface area contributed by atoms with E-state index in [0.29, 0.717) is 18.5 Å². The highest BCUT2D eigenvalue weighted by Crippen LogP contribution is 2.28. The van der Waals surface area contributed by atoms with Gasteiger partial charge in [0, 0.05) is 12.1 Å². The Hall–Kier alpha value is -3.32. The van der Waals surface area contributed by atoms with Crippen LogP contribution in [0.2, 0.25) is 0 Å². The molecule has 1 heterocycles. The Morgan fingerprint density at radius 3 is 2.07 bits per heavy atom. The van der Waals surface area contributed by atoms with Gasteiger partial charge in [0.05, 0.1) is 12.5 Å². The molecule has 0 spiro atoms. The maximum absolute atomic E-state index is 12.5. The van der Waals surface area contributed by atoms with Crippen molar-refractivity contribution in [1.82, 2.24) is 0 Å². The van der Waals surface area contributed by atoms with Gasteiger partial charge in [-0.2, -0.15) is 5.26 Å². The van der Waals surface area contributed by atoms with Crippen molar-refractivity contribution in [2.24, 2.45) is 0 Å². The molecule has 4 heteroatoms. The molecule has 0 unspecified atom stereocenters. The first-order valence-electron chi connectivity index (χ1n) is 9.73. The summed E-state index contributed by atoms with van der Waals surface area (Å²) in [4.78, 5) is 12.5. The van der Waals surface area contributed by atoms with Crippen LogP contribution in [0.3, 0.4) is 0 Å². The summed E-state index contributed by atoms with van der Waals surface area (Å²) in [5.74, 6) is 0.777. The van der Waals surface area contributed by atoms with Gasteiger partial charge in [0.15, 0.2) is 5.76 Å². The number of benzene rings is 2. The molecule has 2 aromatic carbocycles. The smallest absolute Gasteiger partial charge is 0.291 e. The molecule has 0 radical (unpaired) electrons. The van der Waals surface area contributed by atoms with Gasteiger partial charge in [-0.1, -0.05) is 12.1 Å². The standard InChI is InChI=1S/C25H26N2O2/c1-15-16(2)18(4)23(19(5)17(15)3)14-22-10-11-24(29-22)25(28)27-21-8-6-20(7-9-21)12-13-26/h6-11H,12,14H2,1-5H3,(H,27,28). The highest BCUT2D eigenvalue weighted by atomic mass is 16.3. The number of hydrogen-bond donors (Lipinski definition) is 1. The van der Waals surface area contributed by atoms with Crippen LogP contribution in [0.25, 0.3) is 0 Å². The van der Waals surface area contributed by atoms with Crippen LogP contribution in [0.1, 0.15) is 55.3 Å². The lowest BCUT2D eigenvalue weighted by Crippen LogP contribution is -2.10. The molecule has 0 bridgehead atoms. The van der Waals surface area contributed by atoms with Crippen LogP contribution in [-0.4, -0.2) is 5.91 Å². The van der Waals surface area contributed by atoms with Crippen LogP contribution in [0.5, 0.6) is 0 Å². The van der Waals surface area contributed by atoms with Crippen molar-refractivity contribution in [2.75, 3.05) is 5.32 Å². The van der Waals surface area contributed by atoms with Crippen LogP contribution >= 0.6 is 0 Å². The maximum Gasteiger partial charge on any atom is 0.291 e. The minimum atomic E-state index is -0.283. The molecule has 29 heavy (non-hydrogen) atoms. The molecule has 1 N–H and O–H groups in total. The first-order valence-corrected chi connectivity index (χ1v) is 9.73. The zero-order valence-corrected chi connectivity index (χ0v) is 17.6. The molecular weight excluding hydrogens is 360 g/mol. The minimum absolute atomic E-state index is 0.283. The molecule has 0 saturated carbocycles. The molecule has 0 atom stereocenters. The molecule has 0 fully saturated rings. The van der Waals surface area contributed by atoms with Crippen molar-refractivity contribution < 1.29 is 9.21 Å². The average molecular weight is 386 g/mol. The first kappa shape index (κ1) is 20.4. The fraction of sp³-hybridized carbons (Fsp3) is 0.280. The van der Waals surface area contributed by atoms with Crippen LogP contribution in [-0.2, 0) is 12.8 Å². The van der Waals surface area contributed by atoms with Crippen LogP contribution in [0, 0.1) is 45.9 Å². The number of nitriles is 1. The van der Waals surface area contributed by atoms with Crippen molar-refractivity contribution in [3.63, 3.8) is 0 Å². The highest BCUT2D eigenvalue weighted by molar-refractivity contribution is 6.02. The van der Waals surface area contributed by atoms with E-state index in [4.69, 9.17) is 9.68 Å². The van der Waals surface area contributed by atoms with E-state index < -0.39 is 0 Å². The van der Waals surface area contributed by atoms with Crippen LogP contribution in [0.15, 0.2) is 40.8 Å². The third-order valence-electron chi connectivity index (χ3n) is 5.89. The number of carbonyl (C=O) groups is 1. The summed E-state index contributed by atoms with van der Waals surface area (Å²) in [7, 11) is 0. The minimum Gasteiger partial charge on any atom is -0.456 e. The lowest BCUT2D eigenvalue weighted by Gasteiger charge is -2.18. The second-order valence-corrected chi connectivity index (χ2v) is 7.53. The van der Waals surface area contributed by atoms with Crippen molar-refractivity contribution >= 4 is 11.6 Å². The van der Waals surface area contributed by atoms with Gasteiger partial charge in [0.1, 0.15) is 5.76 Å². The number of anilines is 1. The number of hydrogen-bond acceptors (Lipinski definition) is 3. The predicted octanol–water partition coefficient (Wildman–Crippen LogP) is 5.73. The molecule has 4 nitrogen and oxygen atoms in total. The Balaban J connectivity index is 1.76. The number of furan rings is 1. The van der Waals surface area contributed by atoms with Crippen LogP contribution < -0.4 is 5.32 Å². The summed E-state index contributed by atoms with van der Waals surface area (Å²) in [6.45, 7) is 10.8. The fourth-order valence-electron chi connectivity index (χ4n) is 3.60. The van der Waals surface area contributed by atoms with E-state index in [1.165, 1.54) is 33.4 Å². The molecule has 3 aromatic rings. The molecule has 1 aromatic heterocycles. The van der Waals surface area contributed by atoms with Crippen molar-refractivity contribution in [1.29, 1.82) is 5.26 Å². The highest BCUT2D eigenvalue weighted by Gasteiger charge is 2.16. The molecule has 0 aliphatic heterocycles. The second kappa shape index (κ2) is 8.36. The Morgan fingerprint density at radius 2 is 1.48 bits per heavy atom. The van der Waals surface area contributed by atoms with E-state index in [1.54, 1.807) is 18.2 Å². The Kier molecular flexibility index (Phi) is 5.89. The van der Waals surface area contributed by atoms with E-state index in [-0.39, 0.29) is 11.7 Å². The largest absolute Gasteiger partial charge is 0.456 e. The van der Waals surface area contributed by atoms with E-state index in [0.717, 1.165) is 11.3 Å².